The fraction of sp³-hybridized carbons (Fsp3) is 0.200. The first-order valence-electron chi connectivity index (χ1n) is 11.7. The molecule has 0 radical (unpaired) electrons. The Morgan fingerprint density at radius 2 is 1.15 bits per heavy atom. The monoisotopic (exact) mass is 465 g/mol. The first kappa shape index (κ1) is 21.1. The molecule has 2 aliphatic carbocycles. The van der Waals surface area contributed by atoms with Crippen LogP contribution >= 0.6 is 11.6 Å². The Morgan fingerprint density at radius 3 is 1.62 bits per heavy atom. The summed E-state index contributed by atoms with van der Waals surface area (Å²) >= 11 is 6.07. The van der Waals surface area contributed by atoms with Crippen LogP contribution in [-0.2, 0) is 9.59 Å². The van der Waals surface area contributed by atoms with Gasteiger partial charge in [0, 0.05) is 5.02 Å². The third-order valence-electron chi connectivity index (χ3n) is 7.83. The fourth-order valence-electron chi connectivity index (χ4n) is 6.28. The van der Waals surface area contributed by atoms with Crippen LogP contribution in [0.2, 0.25) is 5.02 Å². The van der Waals surface area contributed by atoms with E-state index in [-0.39, 0.29) is 11.8 Å². The Labute approximate surface area is 204 Å². The van der Waals surface area contributed by atoms with Gasteiger partial charge < -0.3 is 0 Å². The van der Waals surface area contributed by atoms with E-state index in [2.05, 4.69) is 36.4 Å². The van der Waals surface area contributed by atoms with Crippen LogP contribution in [0.1, 0.15) is 36.8 Å². The van der Waals surface area contributed by atoms with Crippen LogP contribution in [0, 0.1) is 10.8 Å². The fourth-order valence-corrected chi connectivity index (χ4v) is 6.40. The molecule has 3 aromatic carbocycles. The SMILES string of the molecule is O=C1N(c2ccc(Cl)cc2)C(=O)C23CC=CCC12CC(=C(c1ccccc1)c1ccccc1)C3. The number of allylic oxidation sites excluding steroid dienone is 3. The second kappa shape index (κ2) is 7.82. The van der Waals surface area contributed by atoms with Crippen LogP contribution in [0.15, 0.2) is 103 Å². The van der Waals surface area contributed by atoms with Gasteiger partial charge in [0.05, 0.1) is 16.5 Å². The summed E-state index contributed by atoms with van der Waals surface area (Å²) in [5.74, 6) is -0.167. The van der Waals surface area contributed by atoms with Gasteiger partial charge in [0.1, 0.15) is 0 Å². The average Bonchev–Trinajstić information content (AvgIpc) is 3.31. The Balaban J connectivity index is 1.52. The van der Waals surface area contributed by atoms with E-state index in [1.807, 2.05) is 36.4 Å². The second-order valence-corrected chi connectivity index (χ2v) is 9.97. The predicted octanol–water partition coefficient (Wildman–Crippen LogP) is 6.83. The van der Waals surface area contributed by atoms with Crippen LogP contribution in [0.4, 0.5) is 5.69 Å². The lowest BCUT2D eigenvalue weighted by molar-refractivity contribution is -0.132. The van der Waals surface area contributed by atoms with E-state index >= 15 is 0 Å². The summed E-state index contributed by atoms with van der Waals surface area (Å²) in [6.07, 6.45) is 6.52. The summed E-state index contributed by atoms with van der Waals surface area (Å²) in [6.45, 7) is 0. The molecule has 34 heavy (non-hydrogen) atoms. The summed E-state index contributed by atoms with van der Waals surface area (Å²) in [5, 5.41) is 0.582. The minimum atomic E-state index is -0.747. The molecule has 0 N–H and O–H groups in total. The number of rotatable bonds is 3. The van der Waals surface area contributed by atoms with Gasteiger partial charge in [-0.3, -0.25) is 9.59 Å². The Bertz CT molecular complexity index is 1260. The standard InChI is InChI=1S/C30H24ClNO2/c31-24-13-15-25(16-14-24)32-27(33)29-17-7-8-18-30(29,28(32)34)20-23(19-29)26(21-9-3-1-4-10-21)22-11-5-2-6-12-22/h1-16H,17-20H2. The van der Waals surface area contributed by atoms with Crippen molar-refractivity contribution in [2.24, 2.45) is 10.8 Å². The second-order valence-electron chi connectivity index (χ2n) is 9.53. The summed E-state index contributed by atoms with van der Waals surface area (Å²) in [5.41, 5.74) is 3.69. The number of amides is 2. The van der Waals surface area contributed by atoms with Gasteiger partial charge in [-0.15, -0.1) is 0 Å². The summed E-state index contributed by atoms with van der Waals surface area (Å²) in [6, 6.07) is 27.6. The number of anilines is 1. The van der Waals surface area contributed by atoms with E-state index in [9.17, 15) is 9.59 Å². The first-order chi connectivity index (χ1) is 16.6. The van der Waals surface area contributed by atoms with Crippen molar-refractivity contribution in [2.45, 2.75) is 25.7 Å². The van der Waals surface area contributed by atoms with Gasteiger partial charge in [0.15, 0.2) is 0 Å². The highest BCUT2D eigenvalue weighted by molar-refractivity contribution is 6.31. The summed E-state index contributed by atoms with van der Waals surface area (Å²) < 4.78 is 0. The van der Waals surface area contributed by atoms with Crippen molar-refractivity contribution in [3.63, 3.8) is 0 Å². The largest absolute Gasteiger partial charge is 0.273 e. The number of benzene rings is 3. The van der Waals surface area contributed by atoms with E-state index in [0.29, 0.717) is 36.4 Å². The molecule has 0 spiro atoms. The topological polar surface area (TPSA) is 37.4 Å². The first-order valence-corrected chi connectivity index (χ1v) is 12.1. The van der Waals surface area contributed by atoms with E-state index in [0.717, 1.165) is 16.7 Å². The molecule has 1 saturated heterocycles. The van der Waals surface area contributed by atoms with Crippen molar-refractivity contribution in [2.75, 3.05) is 4.90 Å². The van der Waals surface area contributed by atoms with Crippen molar-refractivity contribution in [1.82, 2.24) is 0 Å². The molecule has 6 rings (SSSR count). The molecular weight excluding hydrogens is 442 g/mol. The molecule has 2 atom stereocenters. The molecule has 3 aliphatic rings. The third kappa shape index (κ3) is 2.90. The van der Waals surface area contributed by atoms with Crippen molar-refractivity contribution in [3.8, 4) is 0 Å². The smallest absolute Gasteiger partial charge is 0.241 e. The number of carbonyl (C=O) groups is 2. The van der Waals surface area contributed by atoms with E-state index in [1.165, 1.54) is 10.5 Å². The summed E-state index contributed by atoms with van der Waals surface area (Å²) in [7, 11) is 0. The molecule has 2 fully saturated rings. The minimum absolute atomic E-state index is 0.0837. The number of carbonyl (C=O) groups excluding carboxylic acids is 2. The highest BCUT2D eigenvalue weighted by atomic mass is 35.5. The normalized spacial score (nSPS) is 25.4. The van der Waals surface area contributed by atoms with Crippen LogP contribution in [0.25, 0.3) is 5.57 Å². The third-order valence-corrected chi connectivity index (χ3v) is 8.09. The predicted molar refractivity (Wildman–Crippen MR) is 135 cm³/mol. The number of hydrogen-bond donors (Lipinski definition) is 0. The molecule has 1 saturated carbocycles. The molecule has 2 unspecified atom stereocenters. The van der Waals surface area contributed by atoms with Gasteiger partial charge in [-0.05, 0) is 66.6 Å². The zero-order chi connectivity index (χ0) is 23.3. The maximum Gasteiger partial charge on any atom is 0.241 e. The number of hydrogen-bond acceptors (Lipinski definition) is 2. The molecule has 0 bridgehead atoms. The van der Waals surface area contributed by atoms with Crippen LogP contribution < -0.4 is 4.90 Å². The van der Waals surface area contributed by atoms with Gasteiger partial charge in [-0.25, -0.2) is 4.90 Å². The van der Waals surface area contributed by atoms with Crippen LogP contribution in [0.3, 0.4) is 0 Å². The Morgan fingerprint density at radius 1 is 0.676 bits per heavy atom. The lowest BCUT2D eigenvalue weighted by atomic mass is 9.61. The lowest BCUT2D eigenvalue weighted by Gasteiger charge is -2.36. The van der Waals surface area contributed by atoms with Gasteiger partial charge in [-0.2, -0.15) is 0 Å². The van der Waals surface area contributed by atoms with Crippen LogP contribution in [0.5, 0.6) is 0 Å². The van der Waals surface area contributed by atoms with Gasteiger partial charge >= 0.3 is 0 Å². The van der Waals surface area contributed by atoms with Crippen molar-refractivity contribution < 1.29 is 9.59 Å². The van der Waals surface area contributed by atoms with Crippen molar-refractivity contribution in [3.05, 3.63) is 119 Å². The molecule has 1 heterocycles. The number of halogens is 1. The van der Waals surface area contributed by atoms with Crippen molar-refractivity contribution >= 4 is 34.7 Å². The quantitative estimate of drug-likeness (QED) is 0.314. The summed E-state index contributed by atoms with van der Waals surface area (Å²) in [4.78, 5) is 29.6. The van der Waals surface area contributed by atoms with Gasteiger partial charge in [0.2, 0.25) is 11.8 Å². The van der Waals surface area contributed by atoms with Crippen LogP contribution in [-0.4, -0.2) is 11.8 Å². The molecule has 0 aromatic heterocycles. The Kier molecular flexibility index (Phi) is 4.86. The zero-order valence-electron chi connectivity index (χ0n) is 18.7. The van der Waals surface area contributed by atoms with Gasteiger partial charge in [-0.1, -0.05) is 90.0 Å². The van der Waals surface area contributed by atoms with Crippen molar-refractivity contribution in [1.29, 1.82) is 0 Å². The Hall–Kier alpha value is -3.43. The highest BCUT2D eigenvalue weighted by Gasteiger charge is 2.72. The maximum atomic E-state index is 14.1. The molecular formula is C30H24ClNO2. The number of nitrogens with zero attached hydrogens (tertiary/aromatic N) is 1. The lowest BCUT2D eigenvalue weighted by Crippen LogP contribution is -2.41. The molecule has 2 amide bonds. The molecule has 3 nitrogen and oxygen atoms in total. The minimum Gasteiger partial charge on any atom is -0.273 e. The highest BCUT2D eigenvalue weighted by Crippen LogP contribution is 2.67. The van der Waals surface area contributed by atoms with E-state index < -0.39 is 10.8 Å². The van der Waals surface area contributed by atoms with Gasteiger partial charge in [0.25, 0.3) is 0 Å². The zero-order valence-corrected chi connectivity index (χ0v) is 19.5. The van der Waals surface area contributed by atoms with E-state index in [4.69, 9.17) is 11.6 Å². The average molecular weight is 466 g/mol. The number of imide groups is 1. The maximum absolute atomic E-state index is 14.1. The van der Waals surface area contributed by atoms with E-state index in [1.54, 1.807) is 24.3 Å². The molecule has 3 aromatic rings. The molecule has 4 heteroatoms. The molecule has 1 aliphatic heterocycles. The molecule has 168 valence electrons.